The highest BCUT2D eigenvalue weighted by molar-refractivity contribution is 7.92. The molecule has 10 heteroatoms. The van der Waals surface area contributed by atoms with Crippen molar-refractivity contribution in [2.24, 2.45) is 0 Å². The average molecular weight is 451 g/mol. The lowest BCUT2D eigenvalue weighted by Gasteiger charge is -2.13. The third-order valence-corrected chi connectivity index (χ3v) is 5.98. The van der Waals surface area contributed by atoms with Crippen molar-refractivity contribution in [2.75, 3.05) is 17.1 Å². The van der Waals surface area contributed by atoms with Crippen LogP contribution in [0.5, 0.6) is 5.75 Å². The number of aryl methyl sites for hydroxylation is 2. The molecule has 2 aromatic carbocycles. The summed E-state index contributed by atoms with van der Waals surface area (Å²) in [6.07, 6.45) is 3.48. The van der Waals surface area contributed by atoms with Gasteiger partial charge in [0.15, 0.2) is 5.82 Å². The van der Waals surface area contributed by atoms with Gasteiger partial charge in [-0.2, -0.15) is 5.10 Å². The van der Waals surface area contributed by atoms with Crippen molar-refractivity contribution in [1.29, 1.82) is 0 Å². The lowest BCUT2D eigenvalue weighted by Crippen LogP contribution is -2.14. The topological polar surface area (TPSA) is 111 Å². The Morgan fingerprint density at radius 3 is 2.41 bits per heavy atom. The molecule has 0 unspecified atom stereocenters. The molecular formula is C22H22N6O3S. The Hall–Kier alpha value is -3.92. The van der Waals surface area contributed by atoms with Crippen molar-refractivity contribution in [2.45, 2.75) is 18.7 Å². The molecule has 0 bridgehead atoms. The van der Waals surface area contributed by atoms with Crippen molar-refractivity contribution in [3.05, 3.63) is 78.4 Å². The fraction of sp³-hybridized carbons (Fsp3) is 0.136. The summed E-state index contributed by atoms with van der Waals surface area (Å²) in [6, 6.07) is 15.5. The smallest absolute Gasteiger partial charge is 0.265 e. The third kappa shape index (κ3) is 4.70. The predicted molar refractivity (Wildman–Crippen MR) is 122 cm³/mol. The van der Waals surface area contributed by atoms with E-state index in [1.165, 1.54) is 7.11 Å². The van der Waals surface area contributed by atoms with Gasteiger partial charge < -0.3 is 10.1 Å². The van der Waals surface area contributed by atoms with Gasteiger partial charge in [-0.1, -0.05) is 6.07 Å². The van der Waals surface area contributed by atoms with Crippen LogP contribution in [-0.4, -0.2) is 35.3 Å². The minimum absolute atomic E-state index is 0.0878. The second-order valence-electron chi connectivity index (χ2n) is 7.07. The largest absolute Gasteiger partial charge is 0.495 e. The Bertz CT molecular complexity index is 1340. The van der Waals surface area contributed by atoms with Gasteiger partial charge in [0.05, 0.1) is 7.11 Å². The van der Waals surface area contributed by atoms with Crippen LogP contribution in [0, 0.1) is 13.8 Å². The molecule has 0 atom stereocenters. The van der Waals surface area contributed by atoms with Crippen LogP contribution in [0.4, 0.5) is 17.2 Å². The minimum Gasteiger partial charge on any atom is -0.495 e. The summed E-state index contributed by atoms with van der Waals surface area (Å²) in [4.78, 5) is 8.87. The number of benzene rings is 2. The van der Waals surface area contributed by atoms with Gasteiger partial charge in [0.25, 0.3) is 10.0 Å². The summed E-state index contributed by atoms with van der Waals surface area (Å²) in [5.74, 6) is 2.12. The molecule has 0 saturated heterocycles. The zero-order valence-corrected chi connectivity index (χ0v) is 18.6. The number of methoxy groups -OCH3 is 1. The zero-order valence-electron chi connectivity index (χ0n) is 17.8. The number of hydrogen-bond donors (Lipinski definition) is 2. The van der Waals surface area contributed by atoms with E-state index in [1.54, 1.807) is 72.5 Å². The molecule has 0 amide bonds. The predicted octanol–water partition coefficient (Wildman–Crippen LogP) is 3.83. The molecule has 4 aromatic rings. The maximum absolute atomic E-state index is 12.9. The molecule has 0 radical (unpaired) electrons. The van der Waals surface area contributed by atoms with E-state index in [0.29, 0.717) is 23.1 Å². The molecule has 0 fully saturated rings. The number of anilines is 3. The number of rotatable bonds is 7. The Balaban J connectivity index is 1.53. The lowest BCUT2D eigenvalue weighted by molar-refractivity contribution is 0.402. The van der Waals surface area contributed by atoms with Crippen molar-refractivity contribution >= 4 is 27.2 Å². The van der Waals surface area contributed by atoms with Crippen LogP contribution in [0.1, 0.15) is 11.4 Å². The summed E-state index contributed by atoms with van der Waals surface area (Å²) >= 11 is 0. The summed E-state index contributed by atoms with van der Waals surface area (Å²) in [6.45, 7) is 3.63. The normalized spacial score (nSPS) is 11.2. The number of sulfonamides is 1. The monoisotopic (exact) mass is 450 g/mol. The Labute approximate surface area is 186 Å². The molecule has 9 nitrogen and oxygen atoms in total. The van der Waals surface area contributed by atoms with E-state index in [-0.39, 0.29) is 10.6 Å². The first-order chi connectivity index (χ1) is 15.3. The van der Waals surface area contributed by atoms with Crippen molar-refractivity contribution < 1.29 is 13.2 Å². The first kappa shape index (κ1) is 21.3. The number of aromatic nitrogens is 4. The fourth-order valence-corrected chi connectivity index (χ4v) is 4.42. The highest BCUT2D eigenvalue weighted by Gasteiger charge is 2.20. The average Bonchev–Trinajstić information content (AvgIpc) is 3.30. The van der Waals surface area contributed by atoms with Gasteiger partial charge in [-0.15, -0.1) is 0 Å². The van der Waals surface area contributed by atoms with E-state index in [9.17, 15) is 8.42 Å². The number of ether oxygens (including phenoxy) is 1. The summed E-state index contributed by atoms with van der Waals surface area (Å²) < 4.78 is 35.2. The molecule has 0 aliphatic carbocycles. The van der Waals surface area contributed by atoms with Gasteiger partial charge in [-0.3, -0.25) is 4.72 Å². The molecule has 0 aliphatic heterocycles. The van der Waals surface area contributed by atoms with Crippen LogP contribution in [0.25, 0.3) is 5.82 Å². The molecule has 164 valence electrons. The van der Waals surface area contributed by atoms with Crippen LogP contribution < -0.4 is 14.8 Å². The van der Waals surface area contributed by atoms with Crippen LogP contribution in [0.15, 0.2) is 71.9 Å². The zero-order chi connectivity index (χ0) is 22.7. The molecule has 0 saturated carbocycles. The van der Waals surface area contributed by atoms with Crippen LogP contribution in [-0.2, 0) is 10.0 Å². The van der Waals surface area contributed by atoms with Crippen LogP contribution in [0.2, 0.25) is 0 Å². The van der Waals surface area contributed by atoms with Crippen LogP contribution >= 0.6 is 0 Å². The number of nitrogens with zero attached hydrogens (tertiary/aromatic N) is 4. The highest BCUT2D eigenvalue weighted by atomic mass is 32.2. The summed E-state index contributed by atoms with van der Waals surface area (Å²) in [7, 11) is -2.37. The van der Waals surface area contributed by atoms with Crippen molar-refractivity contribution in [3.8, 4) is 11.6 Å². The van der Waals surface area contributed by atoms with Gasteiger partial charge in [-0.25, -0.2) is 23.1 Å². The van der Waals surface area contributed by atoms with E-state index in [4.69, 9.17) is 4.74 Å². The first-order valence-corrected chi connectivity index (χ1v) is 11.2. The second-order valence-corrected chi connectivity index (χ2v) is 8.72. The van der Waals surface area contributed by atoms with E-state index < -0.39 is 10.0 Å². The van der Waals surface area contributed by atoms with Gasteiger partial charge in [0.2, 0.25) is 0 Å². The molecule has 4 rings (SSSR count). The van der Waals surface area contributed by atoms with Crippen molar-refractivity contribution in [3.63, 3.8) is 0 Å². The maximum atomic E-state index is 12.9. The second kappa shape index (κ2) is 8.67. The Morgan fingerprint density at radius 2 is 1.72 bits per heavy atom. The van der Waals surface area contributed by atoms with Gasteiger partial charge >= 0.3 is 0 Å². The van der Waals surface area contributed by atoms with Gasteiger partial charge in [0, 0.05) is 29.8 Å². The highest BCUT2D eigenvalue weighted by Crippen LogP contribution is 2.27. The summed E-state index contributed by atoms with van der Waals surface area (Å²) in [5.41, 5.74) is 1.99. The van der Waals surface area contributed by atoms with Gasteiger partial charge in [-0.05, 0) is 61.9 Å². The first-order valence-electron chi connectivity index (χ1n) is 9.74. The molecule has 0 spiro atoms. The maximum Gasteiger partial charge on any atom is 0.265 e. The molecule has 2 heterocycles. The van der Waals surface area contributed by atoms with Crippen LogP contribution in [0.3, 0.4) is 0 Å². The fourth-order valence-electron chi connectivity index (χ4n) is 3.11. The Morgan fingerprint density at radius 1 is 0.969 bits per heavy atom. The summed E-state index contributed by atoms with van der Waals surface area (Å²) in [5, 5.41) is 7.39. The number of nitrogens with one attached hydrogen (secondary N) is 2. The quantitative estimate of drug-likeness (QED) is 0.440. The van der Waals surface area contributed by atoms with E-state index in [0.717, 1.165) is 11.3 Å². The molecule has 2 N–H and O–H groups in total. The Kier molecular flexibility index (Phi) is 5.78. The molecular weight excluding hydrogens is 428 g/mol. The standard InChI is InChI=1S/C22H22N6O3S/c1-15-5-10-19(31-3)20(13-15)32(29,30)27-18-8-6-17(7-9-18)26-21-14-22(25-16(2)24-21)28-12-4-11-23-28/h4-14,27H,1-3H3,(H,24,25,26). The van der Waals surface area contributed by atoms with E-state index in [2.05, 4.69) is 25.1 Å². The minimum atomic E-state index is -3.81. The molecule has 32 heavy (non-hydrogen) atoms. The van der Waals surface area contributed by atoms with E-state index >= 15 is 0 Å². The molecule has 0 aliphatic rings. The van der Waals surface area contributed by atoms with E-state index in [1.807, 2.05) is 13.0 Å². The lowest BCUT2D eigenvalue weighted by atomic mass is 10.2. The van der Waals surface area contributed by atoms with Gasteiger partial charge in [0.1, 0.15) is 22.3 Å². The number of hydrogen-bond acceptors (Lipinski definition) is 7. The SMILES string of the molecule is COc1ccc(C)cc1S(=O)(=O)Nc1ccc(Nc2cc(-n3cccn3)nc(C)n2)cc1. The van der Waals surface area contributed by atoms with Crippen molar-refractivity contribution in [1.82, 2.24) is 19.7 Å². The molecule has 2 aromatic heterocycles. The third-order valence-electron chi connectivity index (χ3n) is 4.58.